The first kappa shape index (κ1) is 9.46. The Morgan fingerprint density at radius 1 is 1.67 bits per heavy atom. The van der Waals surface area contributed by atoms with Crippen LogP contribution in [0, 0.1) is 5.41 Å². The Morgan fingerprint density at radius 2 is 2.33 bits per heavy atom. The molecule has 68 valence electrons. The quantitative estimate of drug-likeness (QED) is 0.646. The molecule has 0 amide bonds. The van der Waals surface area contributed by atoms with Gasteiger partial charge in [0.1, 0.15) is 5.78 Å². The van der Waals surface area contributed by atoms with E-state index in [1.165, 1.54) is 0 Å². The first-order valence-corrected chi connectivity index (χ1v) is 4.43. The largest absolute Gasteiger partial charge is 0.316 e. The Kier molecular flexibility index (Phi) is 2.68. The van der Waals surface area contributed by atoms with Gasteiger partial charge in [-0.05, 0) is 19.9 Å². The minimum Gasteiger partial charge on any atom is -0.316 e. The number of rotatable bonds is 3. The van der Waals surface area contributed by atoms with Gasteiger partial charge in [-0.25, -0.2) is 0 Å². The van der Waals surface area contributed by atoms with E-state index in [0.29, 0.717) is 12.2 Å². The molecule has 1 rings (SSSR count). The van der Waals surface area contributed by atoms with E-state index in [9.17, 15) is 4.79 Å². The highest BCUT2D eigenvalue weighted by atomic mass is 16.1. The number of Topliss-reactive ketones (excluding diaryl/α,β-unsaturated/α-hetero) is 1. The minimum absolute atomic E-state index is 0.126. The molecule has 1 aliphatic rings. The molecule has 2 heteroatoms. The maximum Gasteiger partial charge on any atom is 0.144 e. The molecule has 1 fully saturated rings. The molecule has 1 unspecified atom stereocenters. The van der Waals surface area contributed by atoms with Crippen molar-refractivity contribution in [3.8, 4) is 0 Å². The zero-order valence-electron chi connectivity index (χ0n) is 7.94. The van der Waals surface area contributed by atoms with E-state index in [0.717, 1.165) is 25.1 Å². The van der Waals surface area contributed by atoms with Gasteiger partial charge in [-0.3, -0.25) is 4.79 Å². The lowest BCUT2D eigenvalue weighted by Gasteiger charge is -2.20. The Labute approximate surface area is 74.0 Å². The number of carbonyl (C=O) groups is 1. The summed E-state index contributed by atoms with van der Waals surface area (Å²) in [5, 5.41) is 3.22. The van der Waals surface area contributed by atoms with Crippen molar-refractivity contribution in [1.29, 1.82) is 0 Å². The fourth-order valence-corrected chi connectivity index (χ4v) is 1.54. The van der Waals surface area contributed by atoms with Crippen LogP contribution < -0.4 is 5.32 Å². The zero-order chi connectivity index (χ0) is 9.19. The number of ketones is 1. The lowest BCUT2D eigenvalue weighted by atomic mass is 9.82. The zero-order valence-corrected chi connectivity index (χ0v) is 7.94. The molecule has 0 spiro atoms. The van der Waals surface area contributed by atoms with Crippen LogP contribution in [0.5, 0.6) is 0 Å². The molecular formula is C10H17NO. The SMILES string of the molecule is C=C(C)CC(=O)C1(C)CCNC1. The van der Waals surface area contributed by atoms with Crippen LogP contribution in [-0.2, 0) is 4.79 Å². The fourth-order valence-electron chi connectivity index (χ4n) is 1.54. The van der Waals surface area contributed by atoms with Gasteiger partial charge in [0.05, 0.1) is 0 Å². The molecule has 0 aliphatic carbocycles. The summed E-state index contributed by atoms with van der Waals surface area (Å²) in [6.07, 6.45) is 1.51. The summed E-state index contributed by atoms with van der Waals surface area (Å²) in [4.78, 5) is 11.7. The molecule has 12 heavy (non-hydrogen) atoms. The summed E-state index contributed by atoms with van der Waals surface area (Å²) in [7, 11) is 0. The lowest BCUT2D eigenvalue weighted by molar-refractivity contribution is -0.126. The summed E-state index contributed by atoms with van der Waals surface area (Å²) in [5.74, 6) is 0.333. The monoisotopic (exact) mass is 167 g/mol. The molecule has 1 saturated heterocycles. The summed E-state index contributed by atoms with van der Waals surface area (Å²) in [6.45, 7) is 9.51. The van der Waals surface area contributed by atoms with Gasteiger partial charge in [0.25, 0.3) is 0 Å². The van der Waals surface area contributed by atoms with Gasteiger partial charge in [0.15, 0.2) is 0 Å². The average molecular weight is 167 g/mol. The van der Waals surface area contributed by atoms with E-state index in [1.807, 2.05) is 13.8 Å². The van der Waals surface area contributed by atoms with Crippen LogP contribution in [0.4, 0.5) is 0 Å². The number of nitrogens with one attached hydrogen (secondary N) is 1. The van der Waals surface area contributed by atoms with E-state index in [-0.39, 0.29) is 5.41 Å². The van der Waals surface area contributed by atoms with Gasteiger partial charge in [0.2, 0.25) is 0 Å². The molecule has 0 bridgehead atoms. The van der Waals surface area contributed by atoms with Crippen LogP contribution >= 0.6 is 0 Å². The van der Waals surface area contributed by atoms with Gasteiger partial charge in [-0.1, -0.05) is 19.1 Å². The van der Waals surface area contributed by atoms with Gasteiger partial charge in [-0.15, -0.1) is 0 Å². The lowest BCUT2D eigenvalue weighted by Crippen LogP contribution is -2.30. The van der Waals surface area contributed by atoms with E-state index in [4.69, 9.17) is 0 Å². The highest BCUT2D eigenvalue weighted by Gasteiger charge is 2.35. The molecule has 0 aromatic heterocycles. The number of hydrogen-bond acceptors (Lipinski definition) is 2. The van der Waals surface area contributed by atoms with E-state index < -0.39 is 0 Å². The van der Waals surface area contributed by atoms with Crippen LogP contribution in [-0.4, -0.2) is 18.9 Å². The van der Waals surface area contributed by atoms with E-state index >= 15 is 0 Å². The van der Waals surface area contributed by atoms with Gasteiger partial charge in [-0.2, -0.15) is 0 Å². The topological polar surface area (TPSA) is 29.1 Å². The molecule has 1 atom stereocenters. The number of carbonyl (C=O) groups excluding carboxylic acids is 1. The third kappa shape index (κ3) is 1.95. The van der Waals surface area contributed by atoms with E-state index in [1.54, 1.807) is 0 Å². The van der Waals surface area contributed by atoms with Crippen molar-refractivity contribution < 1.29 is 4.79 Å². The Bertz CT molecular complexity index is 202. The van der Waals surface area contributed by atoms with Crippen molar-refractivity contribution in [2.75, 3.05) is 13.1 Å². The smallest absolute Gasteiger partial charge is 0.144 e. The fraction of sp³-hybridized carbons (Fsp3) is 0.700. The van der Waals surface area contributed by atoms with Crippen LogP contribution in [0.25, 0.3) is 0 Å². The predicted octanol–water partition coefficient (Wildman–Crippen LogP) is 1.52. The first-order chi connectivity index (χ1) is 5.54. The molecule has 1 heterocycles. The molecule has 2 nitrogen and oxygen atoms in total. The van der Waals surface area contributed by atoms with Gasteiger partial charge in [0, 0.05) is 18.4 Å². The predicted molar refractivity (Wildman–Crippen MR) is 50.0 cm³/mol. The van der Waals surface area contributed by atoms with Crippen molar-refractivity contribution in [3.05, 3.63) is 12.2 Å². The van der Waals surface area contributed by atoms with Crippen LogP contribution in [0.15, 0.2) is 12.2 Å². The normalized spacial score (nSPS) is 28.8. The van der Waals surface area contributed by atoms with Crippen LogP contribution in [0.3, 0.4) is 0 Å². The Hall–Kier alpha value is -0.630. The second-order valence-electron chi connectivity index (χ2n) is 4.04. The molecule has 0 aromatic carbocycles. The van der Waals surface area contributed by atoms with Gasteiger partial charge < -0.3 is 5.32 Å². The Morgan fingerprint density at radius 3 is 2.75 bits per heavy atom. The summed E-state index contributed by atoms with van der Waals surface area (Å²) >= 11 is 0. The number of allylic oxidation sites excluding steroid dienone is 1. The summed E-state index contributed by atoms with van der Waals surface area (Å²) < 4.78 is 0. The molecule has 1 aliphatic heterocycles. The van der Waals surface area contributed by atoms with Crippen LogP contribution in [0.2, 0.25) is 0 Å². The van der Waals surface area contributed by atoms with Gasteiger partial charge >= 0.3 is 0 Å². The van der Waals surface area contributed by atoms with Crippen LogP contribution in [0.1, 0.15) is 26.7 Å². The third-order valence-electron chi connectivity index (χ3n) is 2.50. The van der Waals surface area contributed by atoms with Crippen molar-refractivity contribution in [1.82, 2.24) is 5.32 Å². The van der Waals surface area contributed by atoms with Crippen molar-refractivity contribution >= 4 is 5.78 Å². The summed E-state index contributed by atoms with van der Waals surface area (Å²) in [5.41, 5.74) is 0.840. The maximum absolute atomic E-state index is 11.7. The first-order valence-electron chi connectivity index (χ1n) is 4.43. The third-order valence-corrected chi connectivity index (χ3v) is 2.50. The second kappa shape index (κ2) is 3.40. The highest BCUT2D eigenvalue weighted by Crippen LogP contribution is 2.27. The van der Waals surface area contributed by atoms with Crippen molar-refractivity contribution in [3.63, 3.8) is 0 Å². The standard InChI is InChI=1S/C10H17NO/c1-8(2)6-9(12)10(3)4-5-11-7-10/h11H,1,4-7H2,2-3H3. The minimum atomic E-state index is -0.126. The highest BCUT2D eigenvalue weighted by molar-refractivity contribution is 5.86. The number of hydrogen-bond donors (Lipinski definition) is 1. The molecule has 0 saturated carbocycles. The molecular weight excluding hydrogens is 150 g/mol. The molecule has 0 radical (unpaired) electrons. The molecule has 0 aromatic rings. The molecule has 1 N–H and O–H groups in total. The maximum atomic E-state index is 11.7. The Balaban J connectivity index is 2.56. The van der Waals surface area contributed by atoms with Crippen molar-refractivity contribution in [2.45, 2.75) is 26.7 Å². The van der Waals surface area contributed by atoms with E-state index in [2.05, 4.69) is 11.9 Å². The second-order valence-corrected chi connectivity index (χ2v) is 4.04. The summed E-state index contributed by atoms with van der Waals surface area (Å²) in [6, 6.07) is 0. The average Bonchev–Trinajstić information content (AvgIpc) is 2.36. The van der Waals surface area contributed by atoms with Crippen molar-refractivity contribution in [2.24, 2.45) is 5.41 Å².